The molecule has 2 aromatic rings. The number of aromatic amines is 1. The lowest BCUT2D eigenvalue weighted by atomic mass is 10.1. The molecule has 1 heterocycles. The highest BCUT2D eigenvalue weighted by molar-refractivity contribution is 5.81. The van der Waals surface area contributed by atoms with E-state index in [1.54, 1.807) is 0 Å². The lowest BCUT2D eigenvalue weighted by Crippen LogP contribution is -2.17. The van der Waals surface area contributed by atoms with Gasteiger partial charge in [0.1, 0.15) is 0 Å². The van der Waals surface area contributed by atoms with Crippen LogP contribution in [0.4, 0.5) is 0 Å². The SMILES string of the molecule is CN(C)CCc1cc2ccccc2c(=O)[nH]1. The largest absolute Gasteiger partial charge is 0.326 e. The second kappa shape index (κ2) is 4.49. The van der Waals surface area contributed by atoms with Crippen LogP contribution in [-0.4, -0.2) is 30.5 Å². The van der Waals surface area contributed by atoms with Crippen LogP contribution in [0.5, 0.6) is 0 Å². The Morgan fingerprint density at radius 3 is 2.75 bits per heavy atom. The molecule has 16 heavy (non-hydrogen) atoms. The normalized spacial score (nSPS) is 11.2. The first kappa shape index (κ1) is 10.9. The van der Waals surface area contributed by atoms with Crippen LogP contribution in [-0.2, 0) is 6.42 Å². The Morgan fingerprint density at radius 2 is 2.00 bits per heavy atom. The van der Waals surface area contributed by atoms with Crippen molar-refractivity contribution in [3.05, 3.63) is 46.4 Å². The van der Waals surface area contributed by atoms with Crippen molar-refractivity contribution in [1.29, 1.82) is 0 Å². The summed E-state index contributed by atoms with van der Waals surface area (Å²) in [5, 5.41) is 1.77. The van der Waals surface area contributed by atoms with Gasteiger partial charge in [-0.25, -0.2) is 0 Å². The van der Waals surface area contributed by atoms with Crippen LogP contribution in [0.2, 0.25) is 0 Å². The molecule has 0 atom stereocenters. The molecule has 0 saturated carbocycles. The summed E-state index contributed by atoms with van der Waals surface area (Å²) in [6.45, 7) is 0.939. The molecule has 1 aromatic carbocycles. The average Bonchev–Trinajstić information content (AvgIpc) is 2.26. The van der Waals surface area contributed by atoms with Crippen LogP contribution in [0.1, 0.15) is 5.69 Å². The van der Waals surface area contributed by atoms with Crippen molar-refractivity contribution in [2.24, 2.45) is 0 Å². The fourth-order valence-corrected chi connectivity index (χ4v) is 1.75. The first-order chi connectivity index (χ1) is 7.66. The Hall–Kier alpha value is -1.61. The van der Waals surface area contributed by atoms with Crippen molar-refractivity contribution >= 4 is 10.8 Å². The Kier molecular flexibility index (Phi) is 3.06. The highest BCUT2D eigenvalue weighted by Gasteiger charge is 2.01. The van der Waals surface area contributed by atoms with Crippen molar-refractivity contribution in [3.8, 4) is 0 Å². The number of hydrogen-bond acceptors (Lipinski definition) is 2. The van der Waals surface area contributed by atoms with E-state index < -0.39 is 0 Å². The molecule has 0 amide bonds. The summed E-state index contributed by atoms with van der Waals surface area (Å²) >= 11 is 0. The van der Waals surface area contributed by atoms with Gasteiger partial charge in [-0.3, -0.25) is 4.79 Å². The van der Waals surface area contributed by atoms with E-state index in [1.807, 2.05) is 38.4 Å². The van der Waals surface area contributed by atoms with Gasteiger partial charge in [0.25, 0.3) is 5.56 Å². The summed E-state index contributed by atoms with van der Waals surface area (Å²) in [4.78, 5) is 16.8. The van der Waals surface area contributed by atoms with Crippen LogP contribution in [0.15, 0.2) is 35.1 Å². The van der Waals surface area contributed by atoms with Crippen LogP contribution in [0.3, 0.4) is 0 Å². The molecule has 0 saturated heterocycles. The Labute approximate surface area is 94.7 Å². The van der Waals surface area contributed by atoms with E-state index in [0.29, 0.717) is 0 Å². The molecule has 3 nitrogen and oxygen atoms in total. The van der Waals surface area contributed by atoms with E-state index in [9.17, 15) is 4.79 Å². The van der Waals surface area contributed by atoms with Crippen molar-refractivity contribution < 1.29 is 0 Å². The molecule has 0 unspecified atom stereocenters. The number of hydrogen-bond donors (Lipinski definition) is 1. The predicted octanol–water partition coefficient (Wildman–Crippen LogP) is 1.63. The third kappa shape index (κ3) is 2.31. The summed E-state index contributed by atoms with van der Waals surface area (Å²) in [7, 11) is 4.05. The van der Waals surface area contributed by atoms with E-state index >= 15 is 0 Å². The van der Waals surface area contributed by atoms with Gasteiger partial charge in [0.05, 0.1) is 0 Å². The smallest absolute Gasteiger partial charge is 0.256 e. The standard InChI is InChI=1S/C13H16N2O/c1-15(2)8-7-11-9-10-5-3-4-6-12(10)13(16)14-11/h3-6,9H,7-8H2,1-2H3,(H,14,16). The molecule has 0 aliphatic heterocycles. The zero-order chi connectivity index (χ0) is 11.5. The number of nitrogens with one attached hydrogen (secondary N) is 1. The van der Waals surface area contributed by atoms with E-state index in [0.717, 1.165) is 29.4 Å². The van der Waals surface area contributed by atoms with Gasteiger partial charge in [0.2, 0.25) is 0 Å². The molecule has 0 bridgehead atoms. The highest BCUT2D eigenvalue weighted by Crippen LogP contribution is 2.10. The molecule has 0 fully saturated rings. The number of H-pyrrole nitrogens is 1. The number of benzene rings is 1. The number of fused-ring (bicyclic) bond motifs is 1. The zero-order valence-electron chi connectivity index (χ0n) is 9.66. The maximum Gasteiger partial charge on any atom is 0.256 e. The van der Waals surface area contributed by atoms with Gasteiger partial charge in [-0.15, -0.1) is 0 Å². The van der Waals surface area contributed by atoms with E-state index in [4.69, 9.17) is 0 Å². The highest BCUT2D eigenvalue weighted by atomic mass is 16.1. The molecule has 84 valence electrons. The summed E-state index contributed by atoms with van der Waals surface area (Å²) in [6.07, 6.45) is 0.868. The van der Waals surface area contributed by atoms with Crippen molar-refractivity contribution in [1.82, 2.24) is 9.88 Å². The first-order valence-electron chi connectivity index (χ1n) is 5.42. The number of rotatable bonds is 3. The molecule has 1 N–H and O–H groups in total. The van der Waals surface area contributed by atoms with Crippen molar-refractivity contribution in [3.63, 3.8) is 0 Å². The average molecular weight is 216 g/mol. The summed E-state index contributed by atoms with van der Waals surface area (Å²) in [5.41, 5.74) is 1.00. The number of likely N-dealkylation sites (N-methyl/N-ethyl adjacent to an activating group) is 1. The molecule has 0 aliphatic rings. The minimum absolute atomic E-state index is 0.00635. The van der Waals surface area contributed by atoms with Crippen molar-refractivity contribution in [2.75, 3.05) is 20.6 Å². The maximum absolute atomic E-state index is 11.8. The van der Waals surface area contributed by atoms with E-state index in [2.05, 4.69) is 16.0 Å². The summed E-state index contributed by atoms with van der Waals surface area (Å²) < 4.78 is 0. The Bertz CT molecular complexity index is 543. The quantitative estimate of drug-likeness (QED) is 0.846. The molecule has 1 aromatic heterocycles. The van der Waals surface area contributed by atoms with Gasteiger partial charge in [-0.2, -0.15) is 0 Å². The first-order valence-corrected chi connectivity index (χ1v) is 5.42. The van der Waals surface area contributed by atoms with Gasteiger partial charge in [0, 0.05) is 24.0 Å². The third-order valence-electron chi connectivity index (χ3n) is 2.64. The van der Waals surface area contributed by atoms with Gasteiger partial charge in [-0.1, -0.05) is 18.2 Å². The minimum Gasteiger partial charge on any atom is -0.326 e. The van der Waals surface area contributed by atoms with Crippen LogP contribution in [0, 0.1) is 0 Å². The molecule has 0 spiro atoms. The van der Waals surface area contributed by atoms with Gasteiger partial charge >= 0.3 is 0 Å². The van der Waals surface area contributed by atoms with Crippen LogP contribution >= 0.6 is 0 Å². The number of nitrogens with zero attached hydrogens (tertiary/aromatic N) is 1. The predicted molar refractivity (Wildman–Crippen MR) is 66.8 cm³/mol. The van der Waals surface area contributed by atoms with Crippen molar-refractivity contribution in [2.45, 2.75) is 6.42 Å². The maximum atomic E-state index is 11.8. The van der Waals surface area contributed by atoms with Crippen LogP contribution in [0.25, 0.3) is 10.8 Å². The second-order valence-electron chi connectivity index (χ2n) is 4.26. The zero-order valence-corrected chi connectivity index (χ0v) is 9.66. The lowest BCUT2D eigenvalue weighted by molar-refractivity contribution is 0.412. The fourth-order valence-electron chi connectivity index (χ4n) is 1.75. The lowest BCUT2D eigenvalue weighted by Gasteiger charge is -2.09. The minimum atomic E-state index is 0.00635. The van der Waals surface area contributed by atoms with E-state index in [-0.39, 0.29) is 5.56 Å². The van der Waals surface area contributed by atoms with Gasteiger partial charge in [-0.05, 0) is 31.6 Å². The molecular formula is C13H16N2O. The Balaban J connectivity index is 2.38. The fraction of sp³-hybridized carbons (Fsp3) is 0.308. The molecule has 3 heteroatoms. The molecule has 2 rings (SSSR count). The summed E-state index contributed by atoms with van der Waals surface area (Å²) in [6, 6.07) is 9.72. The third-order valence-corrected chi connectivity index (χ3v) is 2.64. The molecule has 0 radical (unpaired) electrons. The monoisotopic (exact) mass is 216 g/mol. The second-order valence-corrected chi connectivity index (χ2v) is 4.26. The van der Waals surface area contributed by atoms with Gasteiger partial charge < -0.3 is 9.88 Å². The molecule has 0 aliphatic carbocycles. The van der Waals surface area contributed by atoms with E-state index in [1.165, 1.54) is 0 Å². The van der Waals surface area contributed by atoms with Gasteiger partial charge in [0.15, 0.2) is 0 Å². The summed E-state index contributed by atoms with van der Waals surface area (Å²) in [5.74, 6) is 0. The number of pyridine rings is 1. The van der Waals surface area contributed by atoms with Crippen LogP contribution < -0.4 is 5.56 Å². The Morgan fingerprint density at radius 1 is 1.25 bits per heavy atom. The molecular weight excluding hydrogens is 200 g/mol. The number of aromatic nitrogens is 1. The topological polar surface area (TPSA) is 36.1 Å².